The maximum Gasteiger partial charge on any atom is 0.573 e. The maximum atomic E-state index is 13.9. The van der Waals surface area contributed by atoms with Crippen molar-refractivity contribution in [2.75, 3.05) is 13.0 Å². The number of hydrogen-bond acceptors (Lipinski definition) is 4. The van der Waals surface area contributed by atoms with Gasteiger partial charge in [0.1, 0.15) is 11.5 Å². The molecular formula is C30H28F4N2O3P2. The molecule has 0 amide bonds. The molecule has 2 unspecified atom stereocenters. The highest BCUT2D eigenvalue weighted by molar-refractivity contribution is 8.12. The molecule has 5 nitrogen and oxygen atoms in total. The third kappa shape index (κ3) is 10.7. The molecular weight excluding hydrogens is 574 g/mol. The van der Waals surface area contributed by atoms with Crippen LogP contribution in [0.4, 0.5) is 23.2 Å². The third-order valence-electron chi connectivity index (χ3n) is 5.46. The molecule has 0 saturated heterocycles. The van der Waals surface area contributed by atoms with Gasteiger partial charge in [-0.1, -0.05) is 76.9 Å². The second kappa shape index (κ2) is 15.3. The summed E-state index contributed by atoms with van der Waals surface area (Å²) >= 11 is 0. The number of nitrogens with zero attached hydrogens (tertiary/aromatic N) is 1. The lowest BCUT2D eigenvalue weighted by Gasteiger charge is -2.11. The van der Waals surface area contributed by atoms with Gasteiger partial charge in [0.2, 0.25) is 6.79 Å². The zero-order valence-corrected chi connectivity index (χ0v) is 24.1. The molecule has 4 aromatic rings. The number of halogens is 4. The summed E-state index contributed by atoms with van der Waals surface area (Å²) in [5.41, 5.74) is 8.97. The maximum absolute atomic E-state index is 13.9. The molecule has 0 heterocycles. The summed E-state index contributed by atoms with van der Waals surface area (Å²) in [4.78, 5) is 3.38. The van der Waals surface area contributed by atoms with Gasteiger partial charge in [-0.2, -0.15) is 0 Å². The number of benzene rings is 4. The molecule has 11 heteroatoms. The first-order valence-corrected chi connectivity index (χ1v) is 15.6. The highest BCUT2D eigenvalue weighted by Gasteiger charge is 2.32. The van der Waals surface area contributed by atoms with E-state index in [1.807, 2.05) is 36.4 Å². The van der Waals surface area contributed by atoms with E-state index in [9.17, 15) is 17.6 Å². The van der Waals surface area contributed by atoms with E-state index in [1.54, 1.807) is 36.4 Å². The zero-order chi connectivity index (χ0) is 29.8. The van der Waals surface area contributed by atoms with Crippen molar-refractivity contribution in [3.8, 4) is 39.5 Å². The van der Waals surface area contributed by atoms with E-state index in [-0.39, 0.29) is 14.6 Å². The lowest BCUT2D eigenvalue weighted by atomic mass is 10.1. The minimum atomic E-state index is -4.96. The Kier molecular flexibility index (Phi) is 11.9. The van der Waals surface area contributed by atoms with E-state index < -0.39 is 17.9 Å². The number of ether oxygens (including phenoxy) is 3. The normalized spacial score (nSPS) is 11.5. The van der Waals surface area contributed by atoms with Gasteiger partial charge < -0.3 is 19.7 Å². The van der Waals surface area contributed by atoms with Crippen molar-refractivity contribution in [3.05, 3.63) is 108 Å². The number of nitrogens with two attached hydrogens (primary N) is 1. The van der Waals surface area contributed by atoms with Crippen molar-refractivity contribution < 1.29 is 31.8 Å². The fraction of sp³-hybridized carbons (Fsp3) is 0.167. The Morgan fingerprint density at radius 1 is 0.805 bits per heavy atom. The Labute approximate surface area is 240 Å². The summed E-state index contributed by atoms with van der Waals surface area (Å²) in [5, 5.41) is 0. The Hall–Kier alpha value is -3.69. The van der Waals surface area contributed by atoms with Crippen molar-refractivity contribution >= 4 is 22.4 Å². The van der Waals surface area contributed by atoms with Crippen LogP contribution in [-0.4, -0.2) is 19.3 Å². The first-order valence-electron chi connectivity index (χ1n) is 12.3. The first kappa shape index (κ1) is 31.8. The first-order chi connectivity index (χ1) is 19.6. The molecule has 2 atom stereocenters. The fourth-order valence-electron chi connectivity index (χ4n) is 3.53. The quantitative estimate of drug-likeness (QED) is 0.0897. The molecule has 0 fully saturated rings. The molecule has 4 rings (SSSR count). The highest BCUT2D eigenvalue weighted by atomic mass is 32.0. The number of rotatable bonds is 9. The predicted octanol–water partition coefficient (Wildman–Crippen LogP) is 9.57. The van der Waals surface area contributed by atoms with Crippen LogP contribution in [-0.2, 0) is 0 Å². The van der Waals surface area contributed by atoms with Gasteiger partial charge in [-0.25, -0.2) is 9.24 Å². The summed E-state index contributed by atoms with van der Waals surface area (Å²) in [7, 11) is 2.44. The molecule has 0 bridgehead atoms. The number of hydrogen-bond donors (Lipinski definition) is 1. The van der Waals surface area contributed by atoms with Gasteiger partial charge in [0.15, 0.2) is 17.3 Å². The lowest BCUT2D eigenvalue weighted by Crippen LogP contribution is -2.17. The molecule has 4 aromatic carbocycles. The van der Waals surface area contributed by atoms with E-state index in [1.165, 1.54) is 18.6 Å². The molecule has 214 valence electrons. The predicted molar refractivity (Wildman–Crippen MR) is 159 cm³/mol. The fourth-order valence-corrected chi connectivity index (χ4v) is 4.82. The smallest absolute Gasteiger partial charge is 0.458 e. The van der Waals surface area contributed by atoms with Crippen LogP contribution in [0.25, 0.3) is 27.1 Å². The topological polar surface area (TPSA) is 58.1 Å². The van der Waals surface area contributed by atoms with Crippen molar-refractivity contribution in [2.24, 2.45) is 5.50 Å². The molecule has 0 radical (unpaired) electrons. The van der Waals surface area contributed by atoms with E-state index >= 15 is 0 Å². The van der Waals surface area contributed by atoms with Crippen molar-refractivity contribution in [1.82, 2.24) is 0 Å². The average Bonchev–Trinajstić information content (AvgIpc) is 2.95. The monoisotopic (exact) mass is 602 g/mol. The number of alkyl halides is 3. The average molecular weight is 603 g/mol. The molecule has 0 aromatic heterocycles. The largest absolute Gasteiger partial charge is 0.573 e. The van der Waals surface area contributed by atoms with Gasteiger partial charge >= 0.3 is 6.36 Å². The summed E-state index contributed by atoms with van der Waals surface area (Å²) in [5.74, 6) is -0.883. The van der Waals surface area contributed by atoms with Gasteiger partial charge in [-0.3, -0.25) is 0 Å². The molecule has 0 aliphatic heterocycles. The zero-order valence-electron chi connectivity index (χ0n) is 22.1. The Bertz CT molecular complexity index is 1430. The van der Waals surface area contributed by atoms with Crippen LogP contribution < -0.4 is 19.7 Å². The van der Waals surface area contributed by atoms with Crippen molar-refractivity contribution in [3.63, 3.8) is 0 Å². The van der Waals surface area contributed by atoms with E-state index in [0.717, 1.165) is 23.3 Å². The summed E-state index contributed by atoms with van der Waals surface area (Å²) in [6.45, 7) is 9.11. The Morgan fingerprint density at radius 3 is 1.66 bits per heavy atom. The highest BCUT2D eigenvalue weighted by Crippen LogP contribution is 2.35. The van der Waals surface area contributed by atoms with Crippen LogP contribution in [0.15, 0.2) is 91.0 Å². The van der Waals surface area contributed by atoms with Gasteiger partial charge in [-0.05, 0) is 72.6 Å². The van der Waals surface area contributed by atoms with Gasteiger partial charge in [0.25, 0.3) is 0 Å². The summed E-state index contributed by atoms with van der Waals surface area (Å²) in [6.07, 6.45) is -2.57. The van der Waals surface area contributed by atoms with E-state index in [0.29, 0.717) is 28.3 Å². The molecule has 0 saturated carbocycles. The van der Waals surface area contributed by atoms with Crippen LogP contribution in [0.2, 0.25) is 0 Å². The SMILES string of the molecule is CCCP(N)P.[C-]#[N+]c1ccc(-c2ccc(OCOc3ccc(-c4ccc(OC(F)(F)F)c(F)c4)cc3)cc2)cc1. The van der Waals surface area contributed by atoms with Crippen LogP contribution in [0.3, 0.4) is 0 Å². The lowest BCUT2D eigenvalue weighted by molar-refractivity contribution is -0.275. The third-order valence-corrected chi connectivity index (χ3v) is 7.20. The Morgan fingerprint density at radius 2 is 1.27 bits per heavy atom. The van der Waals surface area contributed by atoms with Gasteiger partial charge in [0, 0.05) is 0 Å². The van der Waals surface area contributed by atoms with E-state index in [2.05, 4.69) is 25.4 Å². The van der Waals surface area contributed by atoms with E-state index in [4.69, 9.17) is 21.6 Å². The van der Waals surface area contributed by atoms with Crippen molar-refractivity contribution in [2.45, 2.75) is 19.7 Å². The van der Waals surface area contributed by atoms with Crippen LogP contribution in [0.1, 0.15) is 13.3 Å². The van der Waals surface area contributed by atoms with Crippen molar-refractivity contribution in [1.29, 1.82) is 0 Å². The van der Waals surface area contributed by atoms with Crippen LogP contribution in [0.5, 0.6) is 17.2 Å². The summed E-state index contributed by atoms with van der Waals surface area (Å²) < 4.78 is 65.6. The second-order valence-electron chi connectivity index (χ2n) is 8.54. The van der Waals surface area contributed by atoms with Crippen LogP contribution >= 0.6 is 16.7 Å². The Balaban J connectivity index is 0.000000696. The van der Waals surface area contributed by atoms with Gasteiger partial charge in [-0.15, -0.1) is 13.2 Å². The molecule has 41 heavy (non-hydrogen) atoms. The molecule has 0 aliphatic carbocycles. The molecule has 0 spiro atoms. The second-order valence-corrected chi connectivity index (χ2v) is 12.0. The minimum absolute atomic E-state index is 0.0451. The van der Waals surface area contributed by atoms with Gasteiger partial charge in [0.05, 0.1) is 6.57 Å². The standard InChI is InChI=1S/C27H17F4NO3.C3H11NP2/c1-32-22-9-2-18(3-10-22)19-4-11-23(12-5-19)33-17-34-24-13-6-20(7-14-24)21-8-15-26(25(28)16-21)35-27(29,30)31;1-2-3-6(4)5/h2-16H,17H2;2-5H2,1H3. The molecule has 0 aliphatic rings. The minimum Gasteiger partial charge on any atom is -0.458 e. The summed E-state index contributed by atoms with van der Waals surface area (Å²) in [6, 6.07) is 24.6. The van der Waals surface area contributed by atoms with Crippen LogP contribution in [0, 0.1) is 12.4 Å². The molecule has 2 N–H and O–H groups in total.